The zero-order valence-electron chi connectivity index (χ0n) is 4.32. The molecule has 0 bridgehead atoms. The van der Waals surface area contributed by atoms with Crippen molar-refractivity contribution in [1.29, 1.82) is 0 Å². The molecule has 0 saturated heterocycles. The molecule has 0 spiro atoms. The Labute approximate surface area is 84.3 Å². The Kier molecular flexibility index (Phi) is 2.43. The fourth-order valence-electron chi connectivity index (χ4n) is 0.400. The van der Waals surface area contributed by atoms with Gasteiger partial charge in [-0.25, -0.2) is 0 Å². The lowest BCUT2D eigenvalue weighted by molar-refractivity contribution is 1.77. The van der Waals surface area contributed by atoms with Crippen molar-refractivity contribution >= 4 is 67.9 Å². The van der Waals surface area contributed by atoms with E-state index in [2.05, 4.69) is 45.2 Å². The molecule has 1 rings (SSSR count). The zero-order chi connectivity index (χ0) is 7.02. The van der Waals surface area contributed by atoms with E-state index in [9.17, 15) is 0 Å². The molecule has 0 aliphatic carbocycles. The number of nitrogen functional groups attached to an aromatic ring is 2. The molecule has 0 amide bonds. The molecule has 0 atom stereocenters. The van der Waals surface area contributed by atoms with Crippen LogP contribution in [0.15, 0.2) is 0 Å². The molecule has 4 N–H and O–H groups in total. The third-order valence-electron chi connectivity index (χ3n) is 0.893. The van der Waals surface area contributed by atoms with Gasteiger partial charge in [0.15, 0.2) is 0 Å². The quantitative estimate of drug-likeness (QED) is 0.692. The third-order valence-corrected chi connectivity index (χ3v) is 4.17. The summed E-state index contributed by atoms with van der Waals surface area (Å²) in [6, 6.07) is 0. The highest BCUT2D eigenvalue weighted by Crippen LogP contribution is 2.34. The first-order chi connectivity index (χ1) is 4.13. The zero-order valence-corrected chi connectivity index (χ0v) is 9.45. The molecular weight excluding hydrogens is 362 g/mol. The number of halogens is 2. The Morgan fingerprint density at radius 3 is 1.44 bits per heavy atom. The van der Waals surface area contributed by atoms with Crippen molar-refractivity contribution < 1.29 is 0 Å². The van der Waals surface area contributed by atoms with Crippen LogP contribution in [-0.4, -0.2) is 0 Å². The average Bonchev–Trinajstić information content (AvgIpc) is 1.98. The predicted octanol–water partition coefficient (Wildman–Crippen LogP) is 2.12. The molecule has 0 aromatic carbocycles. The van der Waals surface area contributed by atoms with Gasteiger partial charge in [-0.05, 0) is 45.2 Å². The first-order valence-corrected chi connectivity index (χ1v) is 5.09. The molecule has 1 heterocycles. The van der Waals surface area contributed by atoms with Crippen molar-refractivity contribution in [2.24, 2.45) is 0 Å². The van der Waals surface area contributed by atoms with E-state index in [0.29, 0.717) is 0 Å². The van der Waals surface area contributed by atoms with E-state index in [1.165, 1.54) is 0 Å². The minimum Gasteiger partial charge on any atom is -0.395 e. The summed E-state index contributed by atoms with van der Waals surface area (Å²) in [4.78, 5) is 0. The Morgan fingerprint density at radius 1 is 1.00 bits per heavy atom. The van der Waals surface area contributed by atoms with Crippen molar-refractivity contribution in [2.45, 2.75) is 0 Å². The summed E-state index contributed by atoms with van der Waals surface area (Å²) >= 11 is 5.98. The number of anilines is 2. The van der Waals surface area contributed by atoms with Crippen LogP contribution in [0.2, 0.25) is 0 Å². The molecule has 0 radical (unpaired) electrons. The van der Waals surface area contributed by atoms with Crippen LogP contribution in [0.25, 0.3) is 0 Å². The highest BCUT2D eigenvalue weighted by Gasteiger charge is 2.07. The van der Waals surface area contributed by atoms with Crippen LogP contribution in [0, 0.1) is 5.77 Å². The largest absolute Gasteiger partial charge is 0.395 e. The van der Waals surface area contributed by atoms with Gasteiger partial charge >= 0.3 is 0 Å². The number of hydrogen-bond acceptors (Lipinski definition) is 3. The fourth-order valence-corrected chi connectivity index (χ4v) is 4.16. The minimum absolute atomic E-state index is 0.727. The van der Waals surface area contributed by atoms with Crippen LogP contribution in [0.5, 0.6) is 0 Å². The molecule has 1 aromatic heterocycles. The van der Waals surface area contributed by atoms with Gasteiger partial charge in [0, 0.05) is 0 Å². The summed E-state index contributed by atoms with van der Waals surface area (Å²) in [6.07, 6.45) is 0. The van der Waals surface area contributed by atoms with Gasteiger partial charge in [-0.2, -0.15) is 0 Å². The Balaban J connectivity index is 3.29. The maximum absolute atomic E-state index is 5.58. The lowest BCUT2D eigenvalue weighted by atomic mass is 10.5. The number of rotatable bonds is 0. The highest BCUT2D eigenvalue weighted by molar-refractivity contribution is 14.1. The number of nitrogens with two attached hydrogens (primary N) is 2. The lowest BCUT2D eigenvalue weighted by Gasteiger charge is -1.88. The van der Waals surface area contributed by atoms with Gasteiger partial charge in [-0.3, -0.25) is 0 Å². The summed E-state index contributed by atoms with van der Waals surface area (Å²) in [5.74, 6) is 0. The van der Waals surface area contributed by atoms with Crippen molar-refractivity contribution in [3.63, 3.8) is 0 Å². The van der Waals surface area contributed by atoms with Gasteiger partial charge in [0.25, 0.3) is 0 Å². The summed E-state index contributed by atoms with van der Waals surface area (Å²) in [7, 11) is 0. The van der Waals surface area contributed by atoms with E-state index in [1.54, 1.807) is 11.3 Å². The molecule has 1 aromatic rings. The van der Waals surface area contributed by atoms with Gasteiger partial charge in [0.1, 0.15) is 0 Å². The molecule has 9 heavy (non-hydrogen) atoms. The van der Waals surface area contributed by atoms with E-state index in [0.717, 1.165) is 17.1 Å². The van der Waals surface area contributed by atoms with Gasteiger partial charge in [0.2, 0.25) is 0 Å². The molecule has 0 aliphatic heterocycles. The molecule has 0 unspecified atom stereocenters. The van der Waals surface area contributed by atoms with Gasteiger partial charge in [-0.1, -0.05) is 0 Å². The standard InChI is InChI=1S/C4H4I2N2S/c5-3-1(7)2(8)4(6)9-3/h7-8H2. The summed E-state index contributed by atoms with van der Waals surface area (Å²) in [6.45, 7) is 0. The van der Waals surface area contributed by atoms with Crippen molar-refractivity contribution in [3.8, 4) is 0 Å². The van der Waals surface area contributed by atoms with Crippen molar-refractivity contribution in [2.75, 3.05) is 11.5 Å². The molecule has 0 fully saturated rings. The molecule has 2 nitrogen and oxygen atoms in total. The summed E-state index contributed by atoms with van der Waals surface area (Å²) < 4.78 is 2.16. The second-order valence-corrected chi connectivity index (χ2v) is 6.12. The Morgan fingerprint density at radius 2 is 1.33 bits per heavy atom. The smallest absolute Gasteiger partial charge is 0.0915 e. The van der Waals surface area contributed by atoms with E-state index in [-0.39, 0.29) is 0 Å². The first kappa shape index (κ1) is 7.86. The first-order valence-electron chi connectivity index (χ1n) is 2.11. The van der Waals surface area contributed by atoms with Crippen LogP contribution in [0.3, 0.4) is 0 Å². The molecule has 0 aliphatic rings. The van der Waals surface area contributed by atoms with E-state index in [4.69, 9.17) is 11.5 Å². The van der Waals surface area contributed by atoms with Gasteiger partial charge in [-0.15, -0.1) is 11.3 Å². The van der Waals surface area contributed by atoms with Gasteiger partial charge < -0.3 is 11.5 Å². The van der Waals surface area contributed by atoms with Crippen LogP contribution in [0.4, 0.5) is 11.4 Å². The maximum atomic E-state index is 5.58. The predicted molar refractivity (Wildman–Crippen MR) is 58.6 cm³/mol. The van der Waals surface area contributed by atoms with Crippen LogP contribution in [-0.2, 0) is 0 Å². The third kappa shape index (κ3) is 1.43. The van der Waals surface area contributed by atoms with E-state index >= 15 is 0 Å². The Hall–Kier alpha value is 0.760. The Bertz CT molecular complexity index is 210. The van der Waals surface area contributed by atoms with Crippen molar-refractivity contribution in [1.82, 2.24) is 0 Å². The summed E-state index contributed by atoms with van der Waals surface area (Å²) in [5.41, 5.74) is 12.6. The second-order valence-electron chi connectivity index (χ2n) is 1.48. The topological polar surface area (TPSA) is 52.0 Å². The molecular formula is C4H4I2N2S. The lowest BCUT2D eigenvalue weighted by Crippen LogP contribution is -1.91. The van der Waals surface area contributed by atoms with Crippen LogP contribution < -0.4 is 11.5 Å². The molecule has 0 saturated carbocycles. The van der Waals surface area contributed by atoms with Gasteiger partial charge in [0.05, 0.1) is 17.1 Å². The maximum Gasteiger partial charge on any atom is 0.0915 e. The molecule has 50 valence electrons. The average molecular weight is 366 g/mol. The normalized spacial score (nSPS) is 10.0. The van der Waals surface area contributed by atoms with Crippen LogP contribution >= 0.6 is 56.5 Å². The summed E-state index contributed by atoms with van der Waals surface area (Å²) in [5, 5.41) is 0. The van der Waals surface area contributed by atoms with E-state index < -0.39 is 0 Å². The van der Waals surface area contributed by atoms with Crippen LogP contribution in [0.1, 0.15) is 0 Å². The van der Waals surface area contributed by atoms with E-state index in [1.807, 2.05) is 0 Å². The minimum atomic E-state index is 0.727. The number of thiophene rings is 1. The second kappa shape index (κ2) is 2.79. The molecule has 5 heteroatoms. The fraction of sp³-hybridized carbons (Fsp3) is 0. The number of hydrogen-bond donors (Lipinski definition) is 2. The highest BCUT2D eigenvalue weighted by atomic mass is 127. The monoisotopic (exact) mass is 366 g/mol. The van der Waals surface area contributed by atoms with Crippen molar-refractivity contribution in [3.05, 3.63) is 5.77 Å². The SMILES string of the molecule is Nc1c(I)sc(I)c1N.